The third-order valence-corrected chi connectivity index (χ3v) is 4.15. The van der Waals surface area contributed by atoms with Crippen LogP contribution < -0.4 is 5.32 Å². The summed E-state index contributed by atoms with van der Waals surface area (Å²) in [5.41, 5.74) is 1.15. The molecule has 0 saturated heterocycles. The fourth-order valence-electron chi connectivity index (χ4n) is 2.48. The topological polar surface area (TPSA) is 46.9 Å². The molecule has 0 aliphatic carbocycles. The summed E-state index contributed by atoms with van der Waals surface area (Å²) in [6.45, 7) is 0. The molecule has 6 heteroatoms. The summed E-state index contributed by atoms with van der Waals surface area (Å²) in [5, 5.41) is 2.94. The molecule has 1 atom stereocenters. The van der Waals surface area contributed by atoms with Gasteiger partial charge in [-0.3, -0.25) is 4.79 Å². The lowest BCUT2D eigenvalue weighted by molar-refractivity contribution is 0.0941. The second kappa shape index (κ2) is 6.97. The largest absolute Gasteiger partial charge is 0.338 e. The van der Waals surface area contributed by atoms with Gasteiger partial charge in [0.05, 0.1) is 0 Å². The van der Waals surface area contributed by atoms with Gasteiger partial charge in [-0.05, 0) is 35.9 Å². The Morgan fingerprint density at radius 2 is 2.04 bits per heavy atom. The van der Waals surface area contributed by atoms with Gasteiger partial charge in [-0.2, -0.15) is 0 Å². The van der Waals surface area contributed by atoms with Crippen molar-refractivity contribution in [3.63, 3.8) is 0 Å². The smallest absolute Gasteiger partial charge is 0.252 e. The zero-order valence-electron chi connectivity index (χ0n) is 12.9. The zero-order valence-corrected chi connectivity index (χ0v) is 14.5. The summed E-state index contributed by atoms with van der Waals surface area (Å²) in [4.78, 5) is 16.9. The molecule has 1 aromatic heterocycles. The van der Waals surface area contributed by atoms with Crippen molar-refractivity contribution in [1.29, 1.82) is 0 Å². The van der Waals surface area contributed by atoms with Gasteiger partial charge >= 0.3 is 0 Å². The summed E-state index contributed by atoms with van der Waals surface area (Å²) in [6, 6.07) is 12.7. The van der Waals surface area contributed by atoms with Crippen LogP contribution in [-0.2, 0) is 7.05 Å². The number of hydrogen-bond acceptors (Lipinski definition) is 2. The zero-order chi connectivity index (χ0) is 17.1. The van der Waals surface area contributed by atoms with E-state index in [1.54, 1.807) is 47.3 Å². The van der Waals surface area contributed by atoms with Crippen molar-refractivity contribution in [2.75, 3.05) is 0 Å². The first-order valence-electron chi connectivity index (χ1n) is 7.34. The van der Waals surface area contributed by atoms with Gasteiger partial charge in [0.1, 0.15) is 17.7 Å². The van der Waals surface area contributed by atoms with Crippen LogP contribution in [-0.4, -0.2) is 15.5 Å². The van der Waals surface area contributed by atoms with Gasteiger partial charge in [-0.25, -0.2) is 9.37 Å². The van der Waals surface area contributed by atoms with Crippen molar-refractivity contribution in [2.24, 2.45) is 7.05 Å². The van der Waals surface area contributed by atoms with E-state index in [0.29, 0.717) is 17.0 Å². The van der Waals surface area contributed by atoms with E-state index in [1.807, 2.05) is 13.1 Å². The lowest BCUT2D eigenvalue weighted by Gasteiger charge is -2.19. The summed E-state index contributed by atoms with van der Waals surface area (Å²) in [6.07, 6.45) is 3.43. The van der Waals surface area contributed by atoms with Crippen LogP contribution in [0.3, 0.4) is 0 Å². The normalized spacial score (nSPS) is 12.0. The van der Waals surface area contributed by atoms with Gasteiger partial charge in [0.15, 0.2) is 0 Å². The van der Waals surface area contributed by atoms with Gasteiger partial charge in [-0.1, -0.05) is 34.1 Å². The Labute approximate surface area is 147 Å². The summed E-state index contributed by atoms with van der Waals surface area (Å²) < 4.78 is 16.3. The monoisotopic (exact) mass is 387 g/mol. The van der Waals surface area contributed by atoms with E-state index >= 15 is 0 Å². The Bertz CT molecular complexity index is 878. The van der Waals surface area contributed by atoms with Crippen LogP contribution in [0.25, 0.3) is 0 Å². The summed E-state index contributed by atoms with van der Waals surface area (Å²) in [7, 11) is 1.83. The molecule has 0 unspecified atom stereocenters. The molecule has 1 N–H and O–H groups in total. The maximum Gasteiger partial charge on any atom is 0.252 e. The molecule has 0 aliphatic heterocycles. The molecule has 0 aliphatic rings. The lowest BCUT2D eigenvalue weighted by atomic mass is 10.0. The Kier molecular flexibility index (Phi) is 4.76. The predicted molar refractivity (Wildman–Crippen MR) is 93.1 cm³/mol. The third-order valence-electron chi connectivity index (χ3n) is 3.66. The molecule has 3 rings (SSSR count). The van der Waals surface area contributed by atoms with Crippen LogP contribution >= 0.6 is 15.9 Å². The quantitative estimate of drug-likeness (QED) is 0.738. The Morgan fingerprint density at radius 3 is 2.71 bits per heavy atom. The Morgan fingerprint density at radius 1 is 1.25 bits per heavy atom. The minimum Gasteiger partial charge on any atom is -0.338 e. The highest BCUT2D eigenvalue weighted by atomic mass is 79.9. The third kappa shape index (κ3) is 3.54. The van der Waals surface area contributed by atoms with Crippen molar-refractivity contribution >= 4 is 21.8 Å². The molecule has 1 heterocycles. The second-order valence-corrected chi connectivity index (χ2v) is 6.28. The number of benzene rings is 2. The van der Waals surface area contributed by atoms with Crippen LogP contribution in [0.15, 0.2) is 65.4 Å². The standard InChI is InChI=1S/C18H15BrFN3O/c1-23-9-8-21-17(23)16(12-4-3-7-15(20)11-12)22-18(24)13-5-2-6-14(19)10-13/h2-11,16H,1H3,(H,22,24)/t16-/m1/s1. The van der Waals surface area contributed by atoms with Crippen molar-refractivity contribution in [3.05, 3.63) is 88.2 Å². The Balaban J connectivity index is 1.96. The minimum absolute atomic E-state index is 0.256. The maximum absolute atomic E-state index is 13.6. The number of carbonyl (C=O) groups is 1. The first-order chi connectivity index (χ1) is 11.5. The minimum atomic E-state index is -0.549. The Hall–Kier alpha value is -2.47. The van der Waals surface area contributed by atoms with Crippen molar-refractivity contribution in [1.82, 2.24) is 14.9 Å². The van der Waals surface area contributed by atoms with Gasteiger partial charge < -0.3 is 9.88 Å². The molecule has 3 aromatic rings. The van der Waals surface area contributed by atoms with Crippen LogP contribution in [0.4, 0.5) is 4.39 Å². The van der Waals surface area contributed by atoms with Gasteiger partial charge in [0, 0.05) is 29.5 Å². The number of nitrogens with zero attached hydrogens (tertiary/aromatic N) is 2. The molecule has 122 valence electrons. The molecular weight excluding hydrogens is 373 g/mol. The molecule has 2 aromatic carbocycles. The average molecular weight is 388 g/mol. The van der Waals surface area contributed by atoms with Crippen molar-refractivity contribution in [2.45, 2.75) is 6.04 Å². The predicted octanol–water partition coefficient (Wildman–Crippen LogP) is 3.84. The number of nitrogens with one attached hydrogen (secondary N) is 1. The highest BCUT2D eigenvalue weighted by Gasteiger charge is 2.22. The number of imidazole rings is 1. The fraction of sp³-hybridized carbons (Fsp3) is 0.111. The molecule has 4 nitrogen and oxygen atoms in total. The fourth-order valence-corrected chi connectivity index (χ4v) is 2.88. The highest BCUT2D eigenvalue weighted by molar-refractivity contribution is 9.10. The SMILES string of the molecule is Cn1ccnc1[C@H](NC(=O)c1cccc(Br)c1)c1cccc(F)c1. The number of halogens is 2. The molecular formula is C18H15BrFN3O. The average Bonchev–Trinajstić information content (AvgIpc) is 2.98. The van der Waals surface area contributed by atoms with E-state index in [1.165, 1.54) is 12.1 Å². The van der Waals surface area contributed by atoms with Gasteiger partial charge in [0.25, 0.3) is 5.91 Å². The van der Waals surface area contributed by atoms with Crippen LogP contribution in [0.1, 0.15) is 27.8 Å². The molecule has 24 heavy (non-hydrogen) atoms. The van der Waals surface area contributed by atoms with E-state index in [2.05, 4.69) is 26.2 Å². The number of aryl methyl sites for hydroxylation is 1. The molecule has 0 spiro atoms. The van der Waals surface area contributed by atoms with Crippen LogP contribution in [0.5, 0.6) is 0 Å². The number of amides is 1. The van der Waals surface area contributed by atoms with Crippen LogP contribution in [0.2, 0.25) is 0 Å². The van der Waals surface area contributed by atoms with Crippen molar-refractivity contribution < 1.29 is 9.18 Å². The molecule has 1 amide bonds. The van der Waals surface area contributed by atoms with E-state index in [-0.39, 0.29) is 11.7 Å². The van der Waals surface area contributed by atoms with Crippen molar-refractivity contribution in [3.8, 4) is 0 Å². The first-order valence-corrected chi connectivity index (χ1v) is 8.13. The summed E-state index contributed by atoms with van der Waals surface area (Å²) in [5.74, 6) is 0.0147. The van der Waals surface area contributed by atoms with Gasteiger partial charge in [-0.15, -0.1) is 0 Å². The van der Waals surface area contributed by atoms with Crippen LogP contribution in [0, 0.1) is 5.82 Å². The van der Waals surface area contributed by atoms with Gasteiger partial charge in [0.2, 0.25) is 0 Å². The molecule has 0 fully saturated rings. The molecule has 0 radical (unpaired) electrons. The van der Waals surface area contributed by atoms with E-state index in [4.69, 9.17) is 0 Å². The first kappa shape index (κ1) is 16.4. The maximum atomic E-state index is 13.6. The number of aromatic nitrogens is 2. The number of hydrogen-bond donors (Lipinski definition) is 1. The summed E-state index contributed by atoms with van der Waals surface area (Å²) >= 11 is 3.36. The number of carbonyl (C=O) groups excluding carboxylic acids is 1. The van der Waals surface area contributed by atoms with E-state index < -0.39 is 6.04 Å². The molecule has 0 saturated carbocycles. The molecule has 0 bridgehead atoms. The second-order valence-electron chi connectivity index (χ2n) is 5.37. The van der Waals surface area contributed by atoms with E-state index in [0.717, 1.165) is 4.47 Å². The lowest BCUT2D eigenvalue weighted by Crippen LogP contribution is -2.31. The highest BCUT2D eigenvalue weighted by Crippen LogP contribution is 2.22. The van der Waals surface area contributed by atoms with E-state index in [9.17, 15) is 9.18 Å². The number of rotatable bonds is 4.